The normalized spacial score (nSPS) is 27.2. The Labute approximate surface area is 107 Å². The molecule has 1 aliphatic rings. The topological polar surface area (TPSA) is 130 Å². The van der Waals surface area contributed by atoms with E-state index in [1.165, 1.54) is 6.33 Å². The van der Waals surface area contributed by atoms with Gasteiger partial charge in [-0.3, -0.25) is 9.78 Å². The maximum absolute atomic E-state index is 11.7. The van der Waals surface area contributed by atoms with Crippen molar-refractivity contribution in [3.8, 4) is 0 Å². The van der Waals surface area contributed by atoms with E-state index in [-0.39, 0.29) is 35.6 Å². The zero-order valence-electron chi connectivity index (χ0n) is 10.2. The number of nitrogens with one attached hydrogen (secondary N) is 1. The molecule has 0 saturated heterocycles. The minimum absolute atomic E-state index is 0.0363. The van der Waals surface area contributed by atoms with Crippen molar-refractivity contribution in [3.63, 3.8) is 0 Å². The Kier molecular flexibility index (Phi) is 2.76. The van der Waals surface area contributed by atoms with Gasteiger partial charge in [-0.1, -0.05) is 0 Å². The Bertz CT molecular complexity index is 664. The number of nitrogen functional groups attached to an aromatic ring is 1. The molecule has 0 amide bonds. The number of fused-ring (bicyclic) bond motifs is 1. The number of hydrogen-bond donors (Lipinski definition) is 4. The summed E-state index contributed by atoms with van der Waals surface area (Å²) in [4.78, 5) is 22.2. The van der Waals surface area contributed by atoms with Crippen molar-refractivity contribution in [1.29, 1.82) is 0 Å². The fraction of sp³-hybridized carbons (Fsp3) is 0.545. The predicted octanol–water partition coefficient (Wildman–Crippen LogP) is -0.994. The van der Waals surface area contributed by atoms with Gasteiger partial charge in [0.2, 0.25) is 5.95 Å². The largest absolute Gasteiger partial charge is 0.396 e. The molecular weight excluding hydrogens is 250 g/mol. The van der Waals surface area contributed by atoms with Crippen LogP contribution in [-0.4, -0.2) is 42.4 Å². The highest BCUT2D eigenvalue weighted by molar-refractivity contribution is 5.70. The first-order chi connectivity index (χ1) is 9.10. The number of aliphatic hydroxyl groups is 2. The summed E-state index contributed by atoms with van der Waals surface area (Å²) in [7, 11) is 0. The zero-order chi connectivity index (χ0) is 13.6. The molecule has 19 heavy (non-hydrogen) atoms. The van der Waals surface area contributed by atoms with E-state index in [4.69, 9.17) is 5.73 Å². The molecular formula is C11H15N5O3. The van der Waals surface area contributed by atoms with Gasteiger partial charge in [-0.25, -0.2) is 4.98 Å². The lowest BCUT2D eigenvalue weighted by Crippen LogP contribution is -2.16. The van der Waals surface area contributed by atoms with E-state index in [2.05, 4.69) is 15.0 Å². The van der Waals surface area contributed by atoms with Crippen LogP contribution in [0.2, 0.25) is 0 Å². The zero-order valence-corrected chi connectivity index (χ0v) is 10.2. The number of hydrogen-bond acceptors (Lipinski definition) is 6. The molecule has 1 fully saturated rings. The standard InChI is InChI=1S/C11H15N5O3/c12-11-14-9-8(10(19)15-11)13-4-16(9)6-1-5(3-17)7(18)2-6/h4-7,17-18H,1-3H2,(H3,12,14,15,19)/t5-,6-,7+/m1/s1. The van der Waals surface area contributed by atoms with Crippen LogP contribution in [0, 0.1) is 5.92 Å². The Morgan fingerprint density at radius 1 is 1.53 bits per heavy atom. The molecule has 0 unspecified atom stereocenters. The van der Waals surface area contributed by atoms with Crippen LogP contribution in [0.25, 0.3) is 11.2 Å². The number of rotatable bonds is 2. The van der Waals surface area contributed by atoms with Crippen LogP contribution in [0.1, 0.15) is 18.9 Å². The Balaban J connectivity index is 2.05. The van der Waals surface area contributed by atoms with E-state index in [9.17, 15) is 15.0 Å². The molecule has 8 heteroatoms. The van der Waals surface area contributed by atoms with Crippen molar-refractivity contribution in [2.24, 2.45) is 5.92 Å². The number of H-pyrrole nitrogens is 1. The summed E-state index contributed by atoms with van der Waals surface area (Å²) >= 11 is 0. The molecule has 2 aromatic heterocycles. The van der Waals surface area contributed by atoms with Gasteiger partial charge in [0.15, 0.2) is 11.2 Å². The van der Waals surface area contributed by atoms with E-state index in [1.807, 2.05) is 0 Å². The first-order valence-corrected chi connectivity index (χ1v) is 6.11. The molecule has 3 rings (SSSR count). The molecule has 102 valence electrons. The lowest BCUT2D eigenvalue weighted by Gasteiger charge is -2.11. The summed E-state index contributed by atoms with van der Waals surface area (Å²) in [5.74, 6) is -0.113. The second kappa shape index (κ2) is 4.32. The molecule has 2 heterocycles. The van der Waals surface area contributed by atoms with Crippen molar-refractivity contribution in [1.82, 2.24) is 19.5 Å². The van der Waals surface area contributed by atoms with E-state index < -0.39 is 6.10 Å². The van der Waals surface area contributed by atoms with Gasteiger partial charge >= 0.3 is 0 Å². The summed E-state index contributed by atoms with van der Waals surface area (Å²) in [6.45, 7) is -0.0551. The van der Waals surface area contributed by atoms with Crippen LogP contribution in [0.4, 0.5) is 5.95 Å². The van der Waals surface area contributed by atoms with Crippen LogP contribution < -0.4 is 11.3 Å². The molecule has 0 aliphatic heterocycles. The number of nitrogens with zero attached hydrogens (tertiary/aromatic N) is 3. The van der Waals surface area contributed by atoms with Crippen LogP contribution in [-0.2, 0) is 0 Å². The highest BCUT2D eigenvalue weighted by atomic mass is 16.3. The molecule has 1 aliphatic carbocycles. The maximum atomic E-state index is 11.7. The van der Waals surface area contributed by atoms with Gasteiger partial charge in [-0.05, 0) is 12.8 Å². The summed E-state index contributed by atoms with van der Waals surface area (Å²) in [6, 6.07) is -0.0363. The number of aromatic amines is 1. The quantitative estimate of drug-likeness (QED) is 0.551. The van der Waals surface area contributed by atoms with Crippen molar-refractivity contribution in [2.75, 3.05) is 12.3 Å². The Hall–Kier alpha value is -1.93. The molecule has 3 atom stereocenters. The van der Waals surface area contributed by atoms with Crippen molar-refractivity contribution < 1.29 is 10.2 Å². The predicted molar refractivity (Wildman–Crippen MR) is 67.4 cm³/mol. The van der Waals surface area contributed by atoms with Crippen LogP contribution in [0.5, 0.6) is 0 Å². The minimum Gasteiger partial charge on any atom is -0.396 e. The Morgan fingerprint density at radius 2 is 2.32 bits per heavy atom. The third-order valence-electron chi connectivity index (χ3n) is 3.71. The SMILES string of the molecule is Nc1nc2c(ncn2[C@@H]2C[C@H](CO)[C@@H](O)C2)c(=O)[nH]1. The van der Waals surface area contributed by atoms with Gasteiger partial charge in [0.05, 0.1) is 12.4 Å². The second-order valence-corrected chi connectivity index (χ2v) is 4.91. The van der Waals surface area contributed by atoms with Crippen LogP contribution in [0.3, 0.4) is 0 Å². The van der Waals surface area contributed by atoms with Gasteiger partial charge < -0.3 is 20.5 Å². The monoisotopic (exact) mass is 265 g/mol. The van der Waals surface area contributed by atoms with Gasteiger partial charge in [0, 0.05) is 18.6 Å². The highest BCUT2D eigenvalue weighted by Crippen LogP contribution is 2.35. The highest BCUT2D eigenvalue weighted by Gasteiger charge is 2.34. The number of imidazole rings is 1. The summed E-state index contributed by atoms with van der Waals surface area (Å²) in [6.07, 6.45) is 2.11. The van der Waals surface area contributed by atoms with Crippen molar-refractivity contribution >= 4 is 17.1 Å². The third-order valence-corrected chi connectivity index (χ3v) is 3.71. The van der Waals surface area contributed by atoms with E-state index >= 15 is 0 Å². The molecule has 0 aromatic carbocycles. The third kappa shape index (κ3) is 1.89. The van der Waals surface area contributed by atoms with Crippen molar-refractivity contribution in [3.05, 3.63) is 16.7 Å². The summed E-state index contributed by atoms with van der Waals surface area (Å²) in [5, 5.41) is 19.0. The average molecular weight is 265 g/mol. The second-order valence-electron chi connectivity index (χ2n) is 4.91. The molecule has 5 N–H and O–H groups in total. The fourth-order valence-electron chi connectivity index (χ4n) is 2.71. The van der Waals surface area contributed by atoms with Gasteiger partial charge in [-0.15, -0.1) is 0 Å². The van der Waals surface area contributed by atoms with Crippen molar-refractivity contribution in [2.45, 2.75) is 25.0 Å². The maximum Gasteiger partial charge on any atom is 0.280 e. The first-order valence-electron chi connectivity index (χ1n) is 6.11. The molecule has 8 nitrogen and oxygen atoms in total. The average Bonchev–Trinajstić information content (AvgIpc) is 2.92. The van der Waals surface area contributed by atoms with Gasteiger partial charge in [0.25, 0.3) is 5.56 Å². The number of aromatic nitrogens is 4. The molecule has 0 spiro atoms. The molecule has 0 bridgehead atoms. The van der Waals surface area contributed by atoms with Gasteiger partial charge in [0.1, 0.15) is 0 Å². The molecule has 0 radical (unpaired) electrons. The number of aliphatic hydroxyl groups excluding tert-OH is 2. The lowest BCUT2D eigenvalue weighted by molar-refractivity contribution is 0.0906. The van der Waals surface area contributed by atoms with Gasteiger partial charge in [-0.2, -0.15) is 4.98 Å². The minimum atomic E-state index is -0.549. The number of anilines is 1. The van der Waals surface area contributed by atoms with E-state index in [0.717, 1.165) is 0 Å². The van der Waals surface area contributed by atoms with E-state index in [0.29, 0.717) is 18.5 Å². The summed E-state index contributed by atoms with van der Waals surface area (Å²) < 4.78 is 1.75. The molecule has 1 saturated carbocycles. The fourth-order valence-corrected chi connectivity index (χ4v) is 2.71. The first kappa shape index (κ1) is 12.1. The van der Waals surface area contributed by atoms with Crippen LogP contribution in [0.15, 0.2) is 11.1 Å². The van der Waals surface area contributed by atoms with Crippen LogP contribution >= 0.6 is 0 Å². The van der Waals surface area contributed by atoms with E-state index in [1.54, 1.807) is 4.57 Å². The summed E-state index contributed by atoms with van der Waals surface area (Å²) in [5.41, 5.74) is 5.81. The lowest BCUT2D eigenvalue weighted by atomic mass is 10.1. The number of nitrogens with two attached hydrogens (primary N) is 1. The Morgan fingerprint density at radius 3 is 3.00 bits per heavy atom. The molecule has 2 aromatic rings. The smallest absolute Gasteiger partial charge is 0.280 e.